The molecule has 0 aliphatic rings. The average molecular weight is 644 g/mol. The number of aryl methyl sites for hydroxylation is 1. The zero-order valence-electron chi connectivity index (χ0n) is 23.2. The topological polar surface area (TPSA) is 142 Å². The maximum absolute atomic E-state index is 14.6. The molecule has 240 valence electrons. The zero-order valence-corrected chi connectivity index (χ0v) is 23.2. The summed E-state index contributed by atoms with van der Waals surface area (Å²) in [7, 11) is 0. The van der Waals surface area contributed by atoms with Crippen LogP contribution in [-0.4, -0.2) is 59.1 Å². The van der Waals surface area contributed by atoms with Crippen molar-refractivity contribution in [2.75, 3.05) is 0 Å². The number of nitrogens with one attached hydrogen (secondary N) is 2. The molecule has 0 spiro atoms. The fraction of sp³-hybridized carbons (Fsp3) is 0.346. The van der Waals surface area contributed by atoms with Crippen LogP contribution in [0.4, 0.5) is 30.7 Å². The molecule has 3 heterocycles. The number of aromatic nitrogens is 7. The largest absolute Gasteiger partial charge is 0.433 e. The summed E-state index contributed by atoms with van der Waals surface area (Å²) in [5, 5.41) is 19.5. The van der Waals surface area contributed by atoms with Gasteiger partial charge in [0.25, 0.3) is 11.8 Å². The molecule has 0 bridgehead atoms. The van der Waals surface area contributed by atoms with Crippen LogP contribution in [0.25, 0.3) is 0 Å². The number of rotatable bonds is 13. The molecular weight excluding hydrogens is 619 g/mol. The number of carbonyl (C=O) groups is 2. The van der Waals surface area contributed by atoms with Gasteiger partial charge in [0.15, 0.2) is 11.4 Å². The zero-order chi connectivity index (χ0) is 32.8. The Bertz CT molecular complexity index is 1640. The van der Waals surface area contributed by atoms with Crippen LogP contribution in [0.3, 0.4) is 0 Å². The first-order chi connectivity index (χ1) is 21.2. The molecule has 0 aliphatic carbocycles. The van der Waals surface area contributed by atoms with Crippen LogP contribution in [0.5, 0.6) is 5.75 Å². The van der Waals surface area contributed by atoms with Gasteiger partial charge in [0.1, 0.15) is 17.7 Å². The van der Waals surface area contributed by atoms with E-state index in [4.69, 9.17) is 0 Å². The molecule has 0 aliphatic heterocycles. The molecule has 2 N–H and O–H groups in total. The third kappa shape index (κ3) is 9.70. The minimum atomic E-state index is -4.59. The predicted molar refractivity (Wildman–Crippen MR) is 139 cm³/mol. The van der Waals surface area contributed by atoms with Crippen LogP contribution in [0.2, 0.25) is 0 Å². The number of alkyl halides is 6. The van der Waals surface area contributed by atoms with E-state index < -0.39 is 41.7 Å². The highest BCUT2D eigenvalue weighted by molar-refractivity contribution is 5.92. The van der Waals surface area contributed by atoms with Gasteiger partial charge in [0, 0.05) is 50.9 Å². The fourth-order valence-corrected chi connectivity index (χ4v) is 3.81. The van der Waals surface area contributed by atoms with Gasteiger partial charge in [-0.05, 0) is 29.8 Å². The smallest absolute Gasteiger partial charge is 0.417 e. The third-order valence-electron chi connectivity index (χ3n) is 5.93. The van der Waals surface area contributed by atoms with E-state index in [0.717, 1.165) is 28.9 Å². The van der Waals surface area contributed by atoms with Gasteiger partial charge in [-0.25, -0.2) is 13.5 Å². The van der Waals surface area contributed by atoms with Crippen molar-refractivity contribution >= 4 is 11.8 Å². The summed E-state index contributed by atoms with van der Waals surface area (Å²) in [6.45, 7) is -0.399. The molecule has 0 radical (unpaired) electrons. The first kappa shape index (κ1) is 32.8. The van der Waals surface area contributed by atoms with Gasteiger partial charge in [0.2, 0.25) is 0 Å². The second kappa shape index (κ2) is 13.7. The average Bonchev–Trinajstić information content (AvgIpc) is 3.64. The number of amides is 2. The van der Waals surface area contributed by atoms with E-state index >= 15 is 0 Å². The lowest BCUT2D eigenvalue weighted by Crippen LogP contribution is -2.24. The Morgan fingerprint density at radius 1 is 0.933 bits per heavy atom. The van der Waals surface area contributed by atoms with Crippen molar-refractivity contribution in [3.05, 3.63) is 82.9 Å². The summed E-state index contributed by atoms with van der Waals surface area (Å²) in [4.78, 5) is 28.2. The van der Waals surface area contributed by atoms with Crippen LogP contribution >= 0.6 is 0 Å². The van der Waals surface area contributed by atoms with Gasteiger partial charge >= 0.3 is 12.3 Å². The summed E-state index contributed by atoms with van der Waals surface area (Å²) in [6, 6.07) is 3.81. The second-order valence-electron chi connectivity index (χ2n) is 9.69. The SMILES string of the molecule is CC(F)(F)Oc1ccc(F)c(CNC(=O)c2cn(CCC(F)Cn3cc(C(=O)NCc4cncc(C(F)(F)F)c4)nn3)nn2)c1. The van der Waals surface area contributed by atoms with E-state index in [1.54, 1.807) is 0 Å². The molecule has 0 saturated heterocycles. The number of ether oxygens (including phenoxy) is 1. The van der Waals surface area contributed by atoms with E-state index in [1.165, 1.54) is 23.3 Å². The Balaban J connectivity index is 1.22. The molecule has 0 fully saturated rings. The van der Waals surface area contributed by atoms with Crippen molar-refractivity contribution < 1.29 is 45.1 Å². The molecule has 12 nitrogen and oxygen atoms in total. The van der Waals surface area contributed by atoms with Gasteiger partial charge < -0.3 is 15.4 Å². The van der Waals surface area contributed by atoms with E-state index in [-0.39, 0.29) is 60.9 Å². The third-order valence-corrected chi connectivity index (χ3v) is 5.93. The molecule has 19 heteroatoms. The number of hydrogen-bond acceptors (Lipinski definition) is 8. The Hall–Kier alpha value is -5.10. The maximum Gasteiger partial charge on any atom is 0.417 e. The lowest BCUT2D eigenvalue weighted by atomic mass is 10.2. The highest BCUT2D eigenvalue weighted by Gasteiger charge is 2.31. The fourth-order valence-electron chi connectivity index (χ4n) is 3.81. The molecule has 45 heavy (non-hydrogen) atoms. The summed E-state index contributed by atoms with van der Waals surface area (Å²) < 4.78 is 100.0. The van der Waals surface area contributed by atoms with Crippen molar-refractivity contribution in [2.24, 2.45) is 0 Å². The minimum absolute atomic E-state index is 0.00620. The quantitative estimate of drug-likeness (QED) is 0.210. The van der Waals surface area contributed by atoms with Crippen molar-refractivity contribution in [3.8, 4) is 5.75 Å². The van der Waals surface area contributed by atoms with E-state index in [0.29, 0.717) is 13.1 Å². The van der Waals surface area contributed by atoms with Gasteiger partial charge in [-0.3, -0.25) is 19.3 Å². The number of carbonyl (C=O) groups excluding carboxylic acids is 2. The summed E-state index contributed by atoms with van der Waals surface area (Å²) >= 11 is 0. The number of pyridine rings is 1. The lowest BCUT2D eigenvalue weighted by Gasteiger charge is -2.14. The first-order valence-electron chi connectivity index (χ1n) is 13.0. The maximum atomic E-state index is 14.6. The summed E-state index contributed by atoms with van der Waals surface area (Å²) in [5.74, 6) is -2.54. The van der Waals surface area contributed by atoms with E-state index in [9.17, 15) is 40.3 Å². The van der Waals surface area contributed by atoms with Crippen LogP contribution in [0.15, 0.2) is 49.1 Å². The number of halogens is 7. The summed E-state index contributed by atoms with van der Waals surface area (Å²) in [6.07, 6.45) is -5.43. The predicted octanol–water partition coefficient (Wildman–Crippen LogP) is 3.70. The lowest BCUT2D eigenvalue weighted by molar-refractivity contribution is -0.159. The Kier molecular flexibility index (Phi) is 9.98. The molecule has 1 atom stereocenters. The van der Waals surface area contributed by atoms with Crippen molar-refractivity contribution in [2.45, 2.75) is 58.0 Å². The Morgan fingerprint density at radius 3 is 2.24 bits per heavy atom. The van der Waals surface area contributed by atoms with Crippen LogP contribution in [0, 0.1) is 5.82 Å². The van der Waals surface area contributed by atoms with E-state index in [1.807, 2.05) is 0 Å². The van der Waals surface area contributed by atoms with Crippen molar-refractivity contribution in [1.82, 2.24) is 45.6 Å². The van der Waals surface area contributed by atoms with Crippen LogP contribution < -0.4 is 15.4 Å². The Labute approximate surface area is 249 Å². The Morgan fingerprint density at radius 2 is 1.58 bits per heavy atom. The minimum Gasteiger partial charge on any atom is -0.433 e. The highest BCUT2D eigenvalue weighted by Crippen LogP contribution is 2.29. The molecule has 1 aromatic carbocycles. The second-order valence-corrected chi connectivity index (χ2v) is 9.69. The van der Waals surface area contributed by atoms with Gasteiger partial charge in [0.05, 0.1) is 24.5 Å². The molecule has 4 aromatic rings. The molecule has 4 rings (SSSR count). The molecule has 0 saturated carbocycles. The molecule has 3 aromatic heterocycles. The van der Waals surface area contributed by atoms with Gasteiger partial charge in [-0.2, -0.15) is 22.0 Å². The van der Waals surface area contributed by atoms with E-state index in [2.05, 4.69) is 41.0 Å². The van der Waals surface area contributed by atoms with Gasteiger partial charge in [-0.15, -0.1) is 10.2 Å². The monoisotopic (exact) mass is 643 g/mol. The number of hydrogen-bond donors (Lipinski definition) is 2. The normalized spacial score (nSPS) is 12.5. The molecule has 1 unspecified atom stereocenters. The molecular formula is C26H24F7N9O3. The standard InChI is InChI=1S/C26H24F7N9O3/c1-25(29,30)45-19-2-3-20(28)16(7-19)10-36-24(44)21-13-41(39-37-21)5-4-18(27)12-42-14-22(38-40-42)23(43)35-9-15-6-17(11-34-8-15)26(31,32)33/h2-3,6-8,11,13-14,18H,4-5,9-10,12H2,1H3,(H,35,43)(H,36,44). The van der Waals surface area contributed by atoms with Gasteiger partial charge in [-0.1, -0.05) is 10.4 Å². The number of nitrogens with zero attached hydrogens (tertiary/aromatic N) is 7. The molecule has 2 amide bonds. The first-order valence-corrected chi connectivity index (χ1v) is 13.0. The van der Waals surface area contributed by atoms with Crippen molar-refractivity contribution in [1.29, 1.82) is 0 Å². The van der Waals surface area contributed by atoms with Crippen molar-refractivity contribution in [3.63, 3.8) is 0 Å². The van der Waals surface area contributed by atoms with Crippen LogP contribution in [0.1, 0.15) is 51.0 Å². The summed E-state index contributed by atoms with van der Waals surface area (Å²) in [5.41, 5.74) is -1.31. The number of benzene rings is 1. The van der Waals surface area contributed by atoms with Crippen LogP contribution in [-0.2, 0) is 32.4 Å². The highest BCUT2D eigenvalue weighted by atomic mass is 19.4.